The lowest BCUT2D eigenvalue weighted by atomic mass is 10.2. The summed E-state index contributed by atoms with van der Waals surface area (Å²) in [5.74, 6) is 0.306. The SMILES string of the molecule is C/C(=N/NC(=O)[C@@H](C)Oc1cccc(Br)c1)c1ccncc1. The van der Waals surface area contributed by atoms with Gasteiger partial charge < -0.3 is 4.74 Å². The number of hydrogen-bond donors (Lipinski definition) is 1. The number of aromatic nitrogens is 1. The maximum Gasteiger partial charge on any atom is 0.280 e. The fraction of sp³-hybridized carbons (Fsp3) is 0.188. The van der Waals surface area contributed by atoms with E-state index in [2.05, 4.69) is 31.4 Å². The fourth-order valence-corrected chi connectivity index (χ4v) is 2.06. The molecule has 0 bridgehead atoms. The average Bonchev–Trinajstić information content (AvgIpc) is 2.53. The number of halogens is 1. The van der Waals surface area contributed by atoms with Gasteiger partial charge in [0.15, 0.2) is 6.10 Å². The summed E-state index contributed by atoms with van der Waals surface area (Å²) in [4.78, 5) is 15.9. The van der Waals surface area contributed by atoms with Crippen LogP contribution in [0, 0.1) is 0 Å². The molecule has 2 rings (SSSR count). The Hall–Kier alpha value is -2.21. The molecule has 0 fully saturated rings. The van der Waals surface area contributed by atoms with E-state index in [4.69, 9.17) is 4.74 Å². The van der Waals surface area contributed by atoms with Crippen molar-refractivity contribution in [3.8, 4) is 5.75 Å². The van der Waals surface area contributed by atoms with Gasteiger partial charge in [0.1, 0.15) is 5.75 Å². The second kappa shape index (κ2) is 7.70. The summed E-state index contributed by atoms with van der Waals surface area (Å²) in [6.07, 6.45) is 2.70. The van der Waals surface area contributed by atoms with E-state index in [1.54, 1.807) is 31.5 Å². The predicted molar refractivity (Wildman–Crippen MR) is 88.8 cm³/mol. The molecule has 114 valence electrons. The average molecular weight is 362 g/mol. The summed E-state index contributed by atoms with van der Waals surface area (Å²) < 4.78 is 6.47. The van der Waals surface area contributed by atoms with Crippen LogP contribution in [0.15, 0.2) is 58.4 Å². The van der Waals surface area contributed by atoms with E-state index in [-0.39, 0.29) is 5.91 Å². The number of carbonyl (C=O) groups is 1. The van der Waals surface area contributed by atoms with Gasteiger partial charge in [0.25, 0.3) is 5.91 Å². The second-order valence-electron chi connectivity index (χ2n) is 4.63. The van der Waals surface area contributed by atoms with Crippen LogP contribution in [-0.2, 0) is 4.79 Å². The second-order valence-corrected chi connectivity index (χ2v) is 5.54. The zero-order chi connectivity index (χ0) is 15.9. The van der Waals surface area contributed by atoms with E-state index in [9.17, 15) is 4.79 Å². The third kappa shape index (κ3) is 4.66. The largest absolute Gasteiger partial charge is 0.481 e. The van der Waals surface area contributed by atoms with Gasteiger partial charge >= 0.3 is 0 Å². The van der Waals surface area contributed by atoms with Gasteiger partial charge in [-0.05, 0) is 44.2 Å². The molecule has 1 aromatic carbocycles. The van der Waals surface area contributed by atoms with Crippen molar-refractivity contribution in [2.45, 2.75) is 20.0 Å². The fourth-order valence-electron chi connectivity index (χ4n) is 1.69. The number of benzene rings is 1. The number of nitrogens with one attached hydrogen (secondary N) is 1. The van der Waals surface area contributed by atoms with Crippen LogP contribution in [-0.4, -0.2) is 22.7 Å². The van der Waals surface area contributed by atoms with Crippen LogP contribution in [0.1, 0.15) is 19.4 Å². The van der Waals surface area contributed by atoms with Crippen LogP contribution in [0.25, 0.3) is 0 Å². The molecule has 0 aliphatic rings. The minimum Gasteiger partial charge on any atom is -0.481 e. The number of pyridine rings is 1. The molecule has 1 N–H and O–H groups in total. The highest BCUT2D eigenvalue weighted by molar-refractivity contribution is 9.10. The standard InChI is InChI=1S/C16H16BrN3O2/c1-11(13-6-8-18-9-7-13)19-20-16(21)12(2)22-15-5-3-4-14(17)10-15/h3-10,12H,1-2H3,(H,20,21)/b19-11-/t12-/m1/s1. The monoisotopic (exact) mass is 361 g/mol. The van der Waals surface area contributed by atoms with Gasteiger partial charge in [0.05, 0.1) is 5.71 Å². The quantitative estimate of drug-likeness (QED) is 0.657. The molecule has 0 aliphatic heterocycles. The van der Waals surface area contributed by atoms with Gasteiger partial charge in [-0.1, -0.05) is 22.0 Å². The van der Waals surface area contributed by atoms with E-state index in [1.165, 1.54) is 0 Å². The molecule has 0 aliphatic carbocycles. The van der Waals surface area contributed by atoms with Crippen molar-refractivity contribution in [3.63, 3.8) is 0 Å². The number of ether oxygens (including phenoxy) is 1. The summed E-state index contributed by atoms with van der Waals surface area (Å²) in [5.41, 5.74) is 4.11. The molecular formula is C16H16BrN3O2. The molecule has 0 unspecified atom stereocenters. The summed E-state index contributed by atoms with van der Waals surface area (Å²) in [6, 6.07) is 11.0. The van der Waals surface area contributed by atoms with Crippen molar-refractivity contribution in [1.82, 2.24) is 10.4 Å². The Morgan fingerprint density at radius 2 is 2.05 bits per heavy atom. The van der Waals surface area contributed by atoms with Gasteiger partial charge in [-0.15, -0.1) is 0 Å². The van der Waals surface area contributed by atoms with Crippen LogP contribution in [0.4, 0.5) is 0 Å². The van der Waals surface area contributed by atoms with E-state index >= 15 is 0 Å². The first-order chi connectivity index (χ1) is 10.6. The zero-order valence-electron chi connectivity index (χ0n) is 12.3. The number of hydrazone groups is 1. The molecule has 1 aromatic heterocycles. The van der Waals surface area contributed by atoms with Gasteiger partial charge in [0, 0.05) is 22.4 Å². The third-order valence-corrected chi connectivity index (χ3v) is 3.40. The normalized spacial score (nSPS) is 12.6. The Bertz CT molecular complexity index is 674. The lowest BCUT2D eigenvalue weighted by Gasteiger charge is -2.13. The maximum absolute atomic E-state index is 12.0. The molecule has 1 heterocycles. The predicted octanol–water partition coefficient (Wildman–Crippen LogP) is 3.15. The van der Waals surface area contributed by atoms with Gasteiger partial charge in [0.2, 0.25) is 0 Å². The van der Waals surface area contributed by atoms with Crippen molar-refractivity contribution < 1.29 is 9.53 Å². The molecule has 5 nitrogen and oxygen atoms in total. The lowest BCUT2D eigenvalue weighted by molar-refractivity contribution is -0.127. The first-order valence-electron chi connectivity index (χ1n) is 6.73. The topological polar surface area (TPSA) is 63.6 Å². The molecule has 1 atom stereocenters. The summed E-state index contributed by atoms with van der Waals surface area (Å²) in [6.45, 7) is 3.49. The Labute approximate surface area is 137 Å². The van der Waals surface area contributed by atoms with Gasteiger partial charge in [-0.3, -0.25) is 9.78 Å². The first kappa shape index (κ1) is 16.2. The Morgan fingerprint density at radius 1 is 1.32 bits per heavy atom. The minimum absolute atomic E-state index is 0.312. The zero-order valence-corrected chi connectivity index (χ0v) is 13.9. The van der Waals surface area contributed by atoms with Crippen molar-refractivity contribution in [2.24, 2.45) is 5.10 Å². The highest BCUT2D eigenvalue weighted by atomic mass is 79.9. The number of amides is 1. The lowest BCUT2D eigenvalue weighted by Crippen LogP contribution is -2.33. The summed E-state index contributed by atoms with van der Waals surface area (Å²) >= 11 is 3.36. The van der Waals surface area contributed by atoms with Crippen LogP contribution >= 0.6 is 15.9 Å². The van der Waals surface area contributed by atoms with Crippen LogP contribution in [0.5, 0.6) is 5.75 Å². The number of rotatable bonds is 5. The van der Waals surface area contributed by atoms with Crippen molar-refractivity contribution in [3.05, 3.63) is 58.8 Å². The smallest absolute Gasteiger partial charge is 0.280 e. The van der Waals surface area contributed by atoms with Crippen molar-refractivity contribution >= 4 is 27.5 Å². The summed E-state index contributed by atoms with van der Waals surface area (Å²) in [5, 5.41) is 4.07. The molecule has 6 heteroatoms. The number of nitrogens with zero attached hydrogens (tertiary/aromatic N) is 2. The molecule has 0 radical (unpaired) electrons. The maximum atomic E-state index is 12.0. The highest BCUT2D eigenvalue weighted by Gasteiger charge is 2.14. The molecule has 0 saturated heterocycles. The van der Waals surface area contributed by atoms with Gasteiger partial charge in [-0.2, -0.15) is 5.10 Å². The number of hydrogen-bond acceptors (Lipinski definition) is 4. The van der Waals surface area contributed by atoms with Crippen LogP contribution in [0.2, 0.25) is 0 Å². The Kier molecular flexibility index (Phi) is 5.66. The van der Waals surface area contributed by atoms with E-state index < -0.39 is 6.10 Å². The van der Waals surface area contributed by atoms with Crippen molar-refractivity contribution in [2.75, 3.05) is 0 Å². The Balaban J connectivity index is 1.94. The van der Waals surface area contributed by atoms with Gasteiger partial charge in [-0.25, -0.2) is 5.43 Å². The van der Waals surface area contributed by atoms with Crippen molar-refractivity contribution in [1.29, 1.82) is 0 Å². The number of carbonyl (C=O) groups excluding carboxylic acids is 1. The van der Waals surface area contributed by atoms with Crippen LogP contribution < -0.4 is 10.2 Å². The molecule has 0 spiro atoms. The van der Waals surface area contributed by atoms with Crippen LogP contribution in [0.3, 0.4) is 0 Å². The Morgan fingerprint density at radius 3 is 2.73 bits per heavy atom. The van der Waals surface area contributed by atoms with E-state index in [0.29, 0.717) is 11.5 Å². The molecular weight excluding hydrogens is 346 g/mol. The third-order valence-electron chi connectivity index (χ3n) is 2.91. The molecule has 1 amide bonds. The molecule has 0 saturated carbocycles. The first-order valence-corrected chi connectivity index (χ1v) is 7.52. The highest BCUT2D eigenvalue weighted by Crippen LogP contribution is 2.18. The van der Waals surface area contributed by atoms with E-state index in [0.717, 1.165) is 10.0 Å². The summed E-state index contributed by atoms with van der Waals surface area (Å²) in [7, 11) is 0. The molecule has 22 heavy (non-hydrogen) atoms. The van der Waals surface area contributed by atoms with E-state index in [1.807, 2.05) is 31.2 Å². The minimum atomic E-state index is -0.650. The molecule has 2 aromatic rings.